The fraction of sp³-hybridized carbons (Fsp3) is 1.00. The van der Waals surface area contributed by atoms with E-state index in [0.29, 0.717) is 0 Å². The molecular weight excluding hydrogens is 188 g/mol. The number of nitrogens with zero attached hydrogens (tertiary/aromatic N) is 1. The smallest absolute Gasteiger partial charge is 0.0506 e. The quantitative estimate of drug-likeness (QED) is 0.758. The maximum absolute atomic E-state index is 5.53. The summed E-state index contributed by atoms with van der Waals surface area (Å²) in [4.78, 5) is 2.53. The van der Waals surface area contributed by atoms with Crippen molar-refractivity contribution < 1.29 is 4.74 Å². The summed E-state index contributed by atoms with van der Waals surface area (Å²) in [5.74, 6) is 0.769. The molecule has 2 rings (SSSR count). The van der Waals surface area contributed by atoms with Gasteiger partial charge < -0.3 is 15.0 Å². The Hall–Kier alpha value is -0.120. The molecule has 88 valence electrons. The van der Waals surface area contributed by atoms with Crippen LogP contribution < -0.4 is 5.32 Å². The van der Waals surface area contributed by atoms with Gasteiger partial charge in [-0.3, -0.25) is 0 Å². The summed E-state index contributed by atoms with van der Waals surface area (Å²) < 4.78 is 5.53. The molecule has 0 aromatic rings. The summed E-state index contributed by atoms with van der Waals surface area (Å²) in [6.07, 6.45) is 5.29. The van der Waals surface area contributed by atoms with Crippen molar-refractivity contribution in [1.82, 2.24) is 10.2 Å². The Bertz CT molecular complexity index is 174. The van der Waals surface area contributed by atoms with Crippen LogP contribution in [-0.2, 0) is 4.74 Å². The van der Waals surface area contributed by atoms with Crippen LogP contribution in [0.3, 0.4) is 0 Å². The van der Waals surface area contributed by atoms with Gasteiger partial charge in [0.15, 0.2) is 0 Å². The molecule has 0 spiro atoms. The van der Waals surface area contributed by atoms with Crippen LogP contribution in [0.15, 0.2) is 0 Å². The lowest BCUT2D eigenvalue weighted by molar-refractivity contribution is 0.0343. The van der Waals surface area contributed by atoms with E-state index in [1.165, 1.54) is 45.3 Å². The Labute approximate surface area is 93.2 Å². The largest absolute Gasteiger partial charge is 0.381 e. The number of piperidine rings is 1. The highest BCUT2D eigenvalue weighted by Crippen LogP contribution is 2.17. The van der Waals surface area contributed by atoms with Crippen molar-refractivity contribution in [2.24, 2.45) is 5.92 Å². The van der Waals surface area contributed by atoms with Gasteiger partial charge in [0.2, 0.25) is 0 Å². The van der Waals surface area contributed by atoms with Crippen LogP contribution in [0.4, 0.5) is 0 Å². The van der Waals surface area contributed by atoms with Gasteiger partial charge in [0.1, 0.15) is 0 Å². The van der Waals surface area contributed by atoms with Gasteiger partial charge in [0.25, 0.3) is 0 Å². The highest BCUT2D eigenvalue weighted by Gasteiger charge is 2.22. The van der Waals surface area contributed by atoms with Crippen molar-refractivity contribution in [2.45, 2.75) is 31.7 Å². The first-order chi connectivity index (χ1) is 7.36. The molecule has 3 heteroatoms. The van der Waals surface area contributed by atoms with Crippen molar-refractivity contribution in [2.75, 3.05) is 39.9 Å². The van der Waals surface area contributed by atoms with Crippen LogP contribution in [0.25, 0.3) is 0 Å². The number of nitrogens with one attached hydrogen (secondary N) is 1. The second-order valence-electron chi connectivity index (χ2n) is 5.02. The van der Waals surface area contributed by atoms with E-state index < -0.39 is 0 Å². The summed E-state index contributed by atoms with van der Waals surface area (Å²) in [6, 6.07) is 0.751. The third kappa shape index (κ3) is 3.44. The molecule has 0 radical (unpaired) electrons. The predicted octanol–water partition coefficient (Wildman–Crippen LogP) is 1.10. The lowest BCUT2D eigenvalue weighted by atomic mass is 9.99. The van der Waals surface area contributed by atoms with E-state index in [2.05, 4.69) is 17.3 Å². The summed E-state index contributed by atoms with van der Waals surface area (Å²) in [7, 11) is 2.27. The second-order valence-corrected chi connectivity index (χ2v) is 5.02. The molecule has 3 nitrogen and oxygen atoms in total. The molecule has 0 aliphatic carbocycles. The summed E-state index contributed by atoms with van der Waals surface area (Å²) in [5.41, 5.74) is 0. The SMILES string of the molecule is CN(CC1CCCOC1)C1CCCNC1. The van der Waals surface area contributed by atoms with Gasteiger partial charge in [0.05, 0.1) is 6.61 Å². The highest BCUT2D eigenvalue weighted by atomic mass is 16.5. The molecule has 0 amide bonds. The Morgan fingerprint density at radius 3 is 2.93 bits per heavy atom. The summed E-state index contributed by atoms with van der Waals surface area (Å²) in [6.45, 7) is 5.54. The molecule has 0 bridgehead atoms. The molecule has 15 heavy (non-hydrogen) atoms. The number of hydrogen-bond acceptors (Lipinski definition) is 3. The van der Waals surface area contributed by atoms with Gasteiger partial charge in [-0.15, -0.1) is 0 Å². The molecule has 2 aliphatic rings. The normalized spacial score (nSPS) is 33.2. The van der Waals surface area contributed by atoms with E-state index in [4.69, 9.17) is 4.74 Å². The van der Waals surface area contributed by atoms with Crippen molar-refractivity contribution >= 4 is 0 Å². The third-order valence-corrected chi connectivity index (χ3v) is 3.69. The van der Waals surface area contributed by atoms with Gasteiger partial charge in [-0.25, -0.2) is 0 Å². The van der Waals surface area contributed by atoms with E-state index in [-0.39, 0.29) is 0 Å². The minimum atomic E-state index is 0.751. The first-order valence-electron chi connectivity index (χ1n) is 6.35. The zero-order valence-electron chi connectivity index (χ0n) is 9.87. The number of likely N-dealkylation sites (N-methyl/N-ethyl adjacent to an activating group) is 1. The van der Waals surface area contributed by atoms with Crippen LogP contribution in [0, 0.1) is 5.92 Å². The van der Waals surface area contributed by atoms with E-state index in [0.717, 1.165) is 25.2 Å². The lowest BCUT2D eigenvalue weighted by Crippen LogP contribution is -2.46. The Balaban J connectivity index is 1.72. The predicted molar refractivity (Wildman–Crippen MR) is 62.1 cm³/mol. The zero-order chi connectivity index (χ0) is 10.5. The average Bonchev–Trinajstić information content (AvgIpc) is 2.31. The van der Waals surface area contributed by atoms with Gasteiger partial charge in [-0.1, -0.05) is 0 Å². The second kappa shape index (κ2) is 5.83. The Morgan fingerprint density at radius 1 is 1.33 bits per heavy atom. The highest BCUT2D eigenvalue weighted by molar-refractivity contribution is 4.78. The third-order valence-electron chi connectivity index (χ3n) is 3.69. The standard InChI is InChI=1S/C12H24N2O/c1-14(12-5-2-6-13-8-12)9-11-4-3-7-15-10-11/h11-13H,2-10H2,1H3. The topological polar surface area (TPSA) is 24.5 Å². The molecular formula is C12H24N2O. The first-order valence-corrected chi connectivity index (χ1v) is 6.35. The molecule has 2 fully saturated rings. The van der Waals surface area contributed by atoms with Gasteiger partial charge in [0, 0.05) is 25.7 Å². The molecule has 2 saturated heterocycles. The molecule has 0 aromatic carbocycles. The van der Waals surface area contributed by atoms with Crippen LogP contribution in [-0.4, -0.2) is 50.8 Å². The summed E-state index contributed by atoms with van der Waals surface area (Å²) >= 11 is 0. The van der Waals surface area contributed by atoms with E-state index >= 15 is 0 Å². The maximum Gasteiger partial charge on any atom is 0.0506 e. The van der Waals surface area contributed by atoms with Crippen LogP contribution in [0.2, 0.25) is 0 Å². The van der Waals surface area contributed by atoms with Gasteiger partial charge in [-0.05, 0) is 45.2 Å². The van der Waals surface area contributed by atoms with Crippen LogP contribution in [0.1, 0.15) is 25.7 Å². The number of ether oxygens (including phenoxy) is 1. The van der Waals surface area contributed by atoms with Crippen LogP contribution >= 0.6 is 0 Å². The maximum atomic E-state index is 5.53. The monoisotopic (exact) mass is 212 g/mol. The Kier molecular flexibility index (Phi) is 4.42. The summed E-state index contributed by atoms with van der Waals surface area (Å²) in [5, 5.41) is 3.48. The van der Waals surface area contributed by atoms with Gasteiger partial charge >= 0.3 is 0 Å². The van der Waals surface area contributed by atoms with E-state index in [9.17, 15) is 0 Å². The molecule has 2 aliphatic heterocycles. The van der Waals surface area contributed by atoms with E-state index in [1.54, 1.807) is 0 Å². The molecule has 2 heterocycles. The lowest BCUT2D eigenvalue weighted by Gasteiger charge is -2.35. The fourth-order valence-corrected chi connectivity index (χ4v) is 2.72. The molecule has 0 aromatic heterocycles. The molecule has 1 N–H and O–H groups in total. The minimum Gasteiger partial charge on any atom is -0.381 e. The zero-order valence-corrected chi connectivity index (χ0v) is 9.87. The van der Waals surface area contributed by atoms with E-state index in [1.807, 2.05) is 0 Å². The first kappa shape index (κ1) is 11.4. The van der Waals surface area contributed by atoms with Crippen molar-refractivity contribution in [1.29, 1.82) is 0 Å². The number of hydrogen-bond donors (Lipinski definition) is 1. The van der Waals surface area contributed by atoms with Crippen molar-refractivity contribution in [3.63, 3.8) is 0 Å². The van der Waals surface area contributed by atoms with Crippen molar-refractivity contribution in [3.8, 4) is 0 Å². The molecule has 2 unspecified atom stereocenters. The fourth-order valence-electron chi connectivity index (χ4n) is 2.72. The average molecular weight is 212 g/mol. The minimum absolute atomic E-state index is 0.751. The van der Waals surface area contributed by atoms with Gasteiger partial charge in [-0.2, -0.15) is 0 Å². The Morgan fingerprint density at radius 2 is 2.27 bits per heavy atom. The number of rotatable bonds is 3. The van der Waals surface area contributed by atoms with Crippen molar-refractivity contribution in [3.05, 3.63) is 0 Å². The van der Waals surface area contributed by atoms with Crippen LogP contribution in [0.5, 0.6) is 0 Å². The molecule has 2 atom stereocenters. The molecule has 0 saturated carbocycles.